The Hall–Kier alpha value is -1.56. The van der Waals surface area contributed by atoms with Gasteiger partial charge < -0.3 is 16.4 Å². The summed E-state index contributed by atoms with van der Waals surface area (Å²) in [4.78, 5) is 26.5. The number of ketones is 1. The van der Waals surface area contributed by atoms with Gasteiger partial charge in [0.2, 0.25) is 0 Å². The molecule has 0 spiro atoms. The summed E-state index contributed by atoms with van der Waals surface area (Å²) in [5, 5.41) is 0.739. The summed E-state index contributed by atoms with van der Waals surface area (Å²) >= 11 is 1.31. The Morgan fingerprint density at radius 2 is 2.00 bits per heavy atom. The first-order chi connectivity index (χ1) is 9.51. The molecule has 5 nitrogen and oxygen atoms in total. The quantitative estimate of drug-likeness (QED) is 0.755. The van der Waals surface area contributed by atoms with Gasteiger partial charge in [-0.05, 0) is 26.2 Å². The minimum Gasteiger partial charge on any atom is -0.397 e. The number of nitrogens with zero attached hydrogens (tertiary/aromatic N) is 1. The molecule has 0 bridgehead atoms. The average Bonchev–Trinajstić information content (AvgIpc) is 3.19. The third-order valence-electron chi connectivity index (χ3n) is 3.51. The Morgan fingerprint density at radius 3 is 2.45 bits per heavy atom. The zero-order valence-electron chi connectivity index (χ0n) is 11.9. The van der Waals surface area contributed by atoms with Crippen LogP contribution in [0.1, 0.15) is 53.1 Å². The lowest BCUT2D eigenvalue weighted by molar-refractivity contribution is 0.0972. The highest BCUT2D eigenvalue weighted by atomic mass is 32.1. The van der Waals surface area contributed by atoms with E-state index >= 15 is 0 Å². The first kappa shape index (κ1) is 14.8. The Balaban J connectivity index is 2.46. The molecule has 1 saturated carbocycles. The molecular formula is C14H21N3O2S. The first-order valence-electron chi connectivity index (χ1n) is 7.02. The van der Waals surface area contributed by atoms with Crippen LogP contribution in [-0.2, 0) is 0 Å². The van der Waals surface area contributed by atoms with Gasteiger partial charge in [0.15, 0.2) is 5.78 Å². The van der Waals surface area contributed by atoms with Crippen molar-refractivity contribution in [2.24, 2.45) is 11.7 Å². The number of nitrogen functional groups attached to an aromatic ring is 1. The molecule has 0 unspecified atom stereocenters. The van der Waals surface area contributed by atoms with Crippen LogP contribution in [0.25, 0.3) is 0 Å². The van der Waals surface area contributed by atoms with Gasteiger partial charge in [0.05, 0.1) is 16.1 Å². The van der Waals surface area contributed by atoms with Gasteiger partial charge in [-0.15, -0.1) is 11.3 Å². The topological polar surface area (TPSA) is 89.4 Å². The van der Waals surface area contributed by atoms with E-state index in [4.69, 9.17) is 11.5 Å². The lowest BCUT2D eigenvalue weighted by Crippen LogP contribution is -2.25. The van der Waals surface area contributed by atoms with Crippen molar-refractivity contribution in [1.82, 2.24) is 0 Å². The molecule has 6 heteroatoms. The number of hydrogen-bond acceptors (Lipinski definition) is 5. The van der Waals surface area contributed by atoms with Gasteiger partial charge in [-0.3, -0.25) is 9.59 Å². The van der Waals surface area contributed by atoms with Crippen LogP contribution in [0.3, 0.4) is 0 Å². The highest BCUT2D eigenvalue weighted by molar-refractivity contribution is 7.19. The SMILES string of the molecule is CCCN(CC)c1sc(C(=O)C2CC2)c(N)c1C(N)=O. The van der Waals surface area contributed by atoms with E-state index in [0.29, 0.717) is 10.4 Å². The minimum atomic E-state index is -0.557. The van der Waals surface area contributed by atoms with Gasteiger partial charge in [-0.1, -0.05) is 6.92 Å². The number of amides is 1. The number of rotatable bonds is 7. The van der Waals surface area contributed by atoms with Crippen LogP contribution < -0.4 is 16.4 Å². The fraction of sp³-hybridized carbons (Fsp3) is 0.571. The largest absolute Gasteiger partial charge is 0.397 e. The van der Waals surface area contributed by atoms with Crippen LogP contribution >= 0.6 is 11.3 Å². The highest BCUT2D eigenvalue weighted by Gasteiger charge is 2.35. The van der Waals surface area contributed by atoms with Crippen LogP contribution in [0.4, 0.5) is 10.7 Å². The summed E-state index contributed by atoms with van der Waals surface area (Å²) in [5.41, 5.74) is 12.1. The minimum absolute atomic E-state index is 0.0637. The van der Waals surface area contributed by atoms with Gasteiger partial charge in [0.1, 0.15) is 5.00 Å². The number of carbonyl (C=O) groups excluding carboxylic acids is 2. The number of thiophene rings is 1. The van der Waals surface area contributed by atoms with E-state index in [1.807, 2.05) is 6.92 Å². The molecule has 0 radical (unpaired) electrons. The maximum Gasteiger partial charge on any atom is 0.253 e. The third-order valence-corrected chi connectivity index (χ3v) is 4.79. The summed E-state index contributed by atoms with van der Waals surface area (Å²) in [5.74, 6) is -0.405. The molecule has 2 rings (SSSR count). The molecule has 1 aliphatic carbocycles. The summed E-state index contributed by atoms with van der Waals surface area (Å²) in [6.45, 7) is 5.65. The Morgan fingerprint density at radius 1 is 1.35 bits per heavy atom. The zero-order valence-corrected chi connectivity index (χ0v) is 12.8. The molecule has 1 aliphatic rings. The molecule has 0 atom stereocenters. The average molecular weight is 295 g/mol. The van der Waals surface area contributed by atoms with Crippen molar-refractivity contribution in [3.8, 4) is 0 Å². The van der Waals surface area contributed by atoms with Crippen molar-refractivity contribution in [2.45, 2.75) is 33.1 Å². The van der Waals surface area contributed by atoms with E-state index in [-0.39, 0.29) is 17.4 Å². The molecule has 1 aromatic rings. The normalized spacial score (nSPS) is 14.3. The van der Waals surface area contributed by atoms with Gasteiger partial charge in [0, 0.05) is 19.0 Å². The van der Waals surface area contributed by atoms with Crippen LogP contribution in [0.5, 0.6) is 0 Å². The monoisotopic (exact) mass is 295 g/mol. The Bertz CT molecular complexity index is 535. The maximum atomic E-state index is 12.2. The van der Waals surface area contributed by atoms with Crippen molar-refractivity contribution in [2.75, 3.05) is 23.7 Å². The van der Waals surface area contributed by atoms with Gasteiger partial charge >= 0.3 is 0 Å². The van der Waals surface area contributed by atoms with Crippen LogP contribution in [0.15, 0.2) is 0 Å². The molecule has 0 aromatic carbocycles. The number of nitrogens with two attached hydrogens (primary N) is 2. The third kappa shape index (κ3) is 2.65. The fourth-order valence-electron chi connectivity index (χ4n) is 2.28. The summed E-state index contributed by atoms with van der Waals surface area (Å²) in [7, 11) is 0. The molecule has 0 aliphatic heterocycles. The number of hydrogen-bond donors (Lipinski definition) is 2. The molecular weight excluding hydrogens is 274 g/mol. The maximum absolute atomic E-state index is 12.2. The Labute approximate surface area is 122 Å². The van der Waals surface area contributed by atoms with Crippen LogP contribution in [0, 0.1) is 5.92 Å². The van der Waals surface area contributed by atoms with Gasteiger partial charge in [0.25, 0.3) is 5.91 Å². The summed E-state index contributed by atoms with van der Waals surface area (Å²) in [6, 6.07) is 0. The number of anilines is 2. The molecule has 4 N–H and O–H groups in total. The van der Waals surface area contributed by atoms with Crippen molar-refractivity contribution < 1.29 is 9.59 Å². The number of primary amides is 1. The van der Waals surface area contributed by atoms with E-state index in [1.54, 1.807) is 0 Å². The Kier molecular flexibility index (Phi) is 4.32. The van der Waals surface area contributed by atoms with E-state index < -0.39 is 5.91 Å². The molecule has 110 valence electrons. The number of carbonyl (C=O) groups is 2. The van der Waals surface area contributed by atoms with Crippen molar-refractivity contribution in [1.29, 1.82) is 0 Å². The fourth-order valence-corrected chi connectivity index (χ4v) is 3.61. The van der Waals surface area contributed by atoms with Crippen molar-refractivity contribution in [3.63, 3.8) is 0 Å². The molecule has 20 heavy (non-hydrogen) atoms. The summed E-state index contributed by atoms with van der Waals surface area (Å²) < 4.78 is 0. The van der Waals surface area contributed by atoms with E-state index in [9.17, 15) is 9.59 Å². The highest BCUT2D eigenvalue weighted by Crippen LogP contribution is 2.43. The van der Waals surface area contributed by atoms with Gasteiger partial charge in [-0.2, -0.15) is 0 Å². The van der Waals surface area contributed by atoms with Crippen LogP contribution in [-0.4, -0.2) is 24.8 Å². The second kappa shape index (κ2) is 5.83. The van der Waals surface area contributed by atoms with Crippen LogP contribution in [0.2, 0.25) is 0 Å². The predicted molar refractivity (Wildman–Crippen MR) is 82.5 cm³/mol. The standard InChI is InChI=1S/C14H21N3O2S/c1-3-7-17(4-2)14-9(13(16)19)10(15)12(20-14)11(18)8-5-6-8/h8H,3-7,15H2,1-2H3,(H2,16,19). The lowest BCUT2D eigenvalue weighted by Gasteiger charge is -2.21. The molecule has 1 heterocycles. The van der Waals surface area contributed by atoms with Crippen molar-refractivity contribution >= 4 is 33.7 Å². The first-order valence-corrected chi connectivity index (χ1v) is 7.84. The molecule has 0 saturated heterocycles. The van der Waals surface area contributed by atoms with Gasteiger partial charge in [-0.25, -0.2) is 0 Å². The molecule has 1 amide bonds. The zero-order chi connectivity index (χ0) is 14.9. The lowest BCUT2D eigenvalue weighted by atomic mass is 10.1. The smallest absolute Gasteiger partial charge is 0.253 e. The number of Topliss-reactive ketones (excluding diaryl/α,β-unsaturated/α-hetero) is 1. The van der Waals surface area contributed by atoms with E-state index in [1.165, 1.54) is 11.3 Å². The van der Waals surface area contributed by atoms with E-state index in [0.717, 1.165) is 37.4 Å². The van der Waals surface area contributed by atoms with E-state index in [2.05, 4.69) is 11.8 Å². The molecule has 1 fully saturated rings. The molecule has 1 aromatic heterocycles. The second-order valence-corrected chi connectivity index (χ2v) is 6.11. The summed E-state index contributed by atoms with van der Waals surface area (Å²) in [6.07, 6.45) is 2.80. The predicted octanol–water partition coefficient (Wildman–Crippen LogP) is 2.26. The second-order valence-electron chi connectivity index (χ2n) is 5.11. The van der Waals surface area contributed by atoms with Crippen molar-refractivity contribution in [3.05, 3.63) is 10.4 Å².